The highest BCUT2D eigenvalue weighted by atomic mass is 32.2. The zero-order valence-corrected chi connectivity index (χ0v) is 38.0. The minimum Gasteiger partial charge on any atom is -0.356 e. The molecule has 0 bridgehead atoms. The van der Waals surface area contributed by atoms with E-state index in [-0.39, 0.29) is 40.2 Å². The molecule has 2 atom stereocenters. The third-order valence-corrected chi connectivity index (χ3v) is 15.2. The summed E-state index contributed by atoms with van der Waals surface area (Å²) in [6, 6.07) is 19.0. The van der Waals surface area contributed by atoms with Gasteiger partial charge in [0.2, 0.25) is 27.8 Å². The average molecular weight is 894 g/mol. The molecule has 6 heterocycles. The van der Waals surface area contributed by atoms with Gasteiger partial charge < -0.3 is 15.1 Å². The minimum absolute atomic E-state index is 0.108. The summed E-state index contributed by atoms with van der Waals surface area (Å²) in [4.78, 5) is 48.4. The zero-order chi connectivity index (χ0) is 44.3. The summed E-state index contributed by atoms with van der Waals surface area (Å²) in [6.07, 6.45) is 9.30. The van der Waals surface area contributed by atoms with Crippen LogP contribution in [-0.2, 0) is 25.0 Å². The molecule has 16 heteroatoms. The predicted octanol–water partition coefficient (Wildman–Crippen LogP) is 8.61. The molecule has 3 fully saturated rings. The fraction of sp³-hybridized carbons (Fsp3) is 0.447. The Labute approximate surface area is 373 Å². The molecular weight excluding hydrogens is 838 g/mol. The SMILES string of the molecule is CCCS(=O)(=O)Nc1cccc(-c2nc(C(C)(C)C)sc2-c2ccnc(Nc3ccc(C4CCN(CC[C@H]5CCN(c6ccc([C@@H]7CCC(=O)NC7=O)cn6)C5)CC4)cc3)n2)c1F. The van der Waals surface area contributed by atoms with E-state index >= 15 is 4.39 Å². The van der Waals surface area contributed by atoms with Crippen LogP contribution in [0.1, 0.15) is 101 Å². The maximum Gasteiger partial charge on any atom is 0.234 e. The van der Waals surface area contributed by atoms with Crippen LogP contribution in [0.4, 0.5) is 27.5 Å². The van der Waals surface area contributed by atoms with E-state index in [4.69, 9.17) is 15.0 Å². The number of carbonyl (C=O) groups is 2. The number of benzene rings is 2. The summed E-state index contributed by atoms with van der Waals surface area (Å²) in [7, 11) is -3.70. The molecule has 13 nitrogen and oxygen atoms in total. The van der Waals surface area contributed by atoms with Crippen LogP contribution in [0.5, 0.6) is 0 Å². The second-order valence-electron chi connectivity index (χ2n) is 18.0. The molecule has 5 aromatic rings. The Morgan fingerprint density at radius 3 is 2.41 bits per heavy atom. The van der Waals surface area contributed by atoms with Crippen molar-refractivity contribution in [2.45, 2.75) is 89.9 Å². The Balaban J connectivity index is 0.848. The first-order valence-corrected chi connectivity index (χ1v) is 24.5. The predicted molar refractivity (Wildman–Crippen MR) is 247 cm³/mol. The van der Waals surface area contributed by atoms with Crippen molar-refractivity contribution in [3.05, 3.63) is 95.0 Å². The van der Waals surface area contributed by atoms with Crippen LogP contribution < -0.4 is 20.3 Å². The molecule has 0 spiro atoms. The first-order chi connectivity index (χ1) is 30.2. The van der Waals surface area contributed by atoms with E-state index in [0.717, 1.165) is 80.5 Å². The Kier molecular flexibility index (Phi) is 13.2. The fourth-order valence-electron chi connectivity index (χ4n) is 8.72. The summed E-state index contributed by atoms with van der Waals surface area (Å²) < 4.78 is 43.6. The molecular formula is C47H56FN9O4S2. The largest absolute Gasteiger partial charge is 0.356 e. The van der Waals surface area contributed by atoms with Gasteiger partial charge in [0.05, 0.1) is 38.6 Å². The molecule has 3 N–H and O–H groups in total. The van der Waals surface area contributed by atoms with Gasteiger partial charge in [0.25, 0.3) is 0 Å². The van der Waals surface area contributed by atoms with Gasteiger partial charge in [-0.05, 0) is 118 Å². The number of nitrogens with zero attached hydrogens (tertiary/aromatic N) is 6. The second-order valence-corrected chi connectivity index (χ2v) is 20.8. The number of sulfonamides is 1. The van der Waals surface area contributed by atoms with Gasteiger partial charge >= 0.3 is 0 Å². The number of likely N-dealkylation sites (tertiary alicyclic amines) is 1. The van der Waals surface area contributed by atoms with Gasteiger partial charge in [0.1, 0.15) is 5.82 Å². The average Bonchev–Trinajstić information content (AvgIpc) is 3.93. The van der Waals surface area contributed by atoms with Crippen LogP contribution in [0.25, 0.3) is 21.8 Å². The number of imide groups is 1. The Hall–Kier alpha value is -5.32. The summed E-state index contributed by atoms with van der Waals surface area (Å²) in [5.41, 5.74) is 3.78. The van der Waals surface area contributed by atoms with E-state index in [1.165, 1.54) is 23.0 Å². The summed E-state index contributed by atoms with van der Waals surface area (Å²) in [5, 5.41) is 6.59. The van der Waals surface area contributed by atoms with Crippen molar-refractivity contribution in [1.29, 1.82) is 0 Å². The summed E-state index contributed by atoms with van der Waals surface area (Å²) >= 11 is 1.44. The molecule has 0 aliphatic carbocycles. The van der Waals surface area contributed by atoms with Crippen molar-refractivity contribution in [2.24, 2.45) is 5.92 Å². The standard InChI is InChI=1S/C47H56FN9O4S2/c1-5-27-63(60,61)55-37-8-6-7-36(41(37)48)42-43(62-45(54-42)47(2,3)4)38-17-22-49-46(52-38)51-34-12-9-31(10-13-34)32-20-24-56(25-21-32)23-18-30-19-26-57(29-30)39-15-11-33(28-50-39)35-14-16-40(58)53-44(35)59/h6-13,15,17,22,28,30,32,35,55H,5,14,16,18-21,23-27,29H2,1-4H3,(H,49,51,52)(H,53,58,59)/t30-,35-/m0/s1. The fourth-order valence-corrected chi connectivity index (χ4v) is 11.0. The van der Waals surface area contributed by atoms with E-state index < -0.39 is 15.8 Å². The van der Waals surface area contributed by atoms with Crippen LogP contribution in [0.2, 0.25) is 0 Å². The third-order valence-electron chi connectivity index (χ3n) is 12.3. The summed E-state index contributed by atoms with van der Waals surface area (Å²) in [5.74, 6) is 0.921. The number of rotatable bonds is 14. The lowest BCUT2D eigenvalue weighted by Crippen LogP contribution is -2.39. The molecule has 3 aliphatic rings. The van der Waals surface area contributed by atoms with Crippen molar-refractivity contribution >= 4 is 56.3 Å². The van der Waals surface area contributed by atoms with Crippen LogP contribution in [0.15, 0.2) is 73.1 Å². The number of hydrogen-bond acceptors (Lipinski definition) is 12. The molecule has 332 valence electrons. The lowest BCUT2D eigenvalue weighted by molar-refractivity contribution is -0.134. The topological polar surface area (TPSA) is 162 Å². The Morgan fingerprint density at radius 2 is 1.70 bits per heavy atom. The van der Waals surface area contributed by atoms with E-state index in [0.29, 0.717) is 53.3 Å². The van der Waals surface area contributed by atoms with Crippen LogP contribution in [0, 0.1) is 11.7 Å². The van der Waals surface area contributed by atoms with Crippen molar-refractivity contribution < 1.29 is 22.4 Å². The lowest BCUT2D eigenvalue weighted by Gasteiger charge is -2.32. The molecule has 2 aromatic carbocycles. The number of amides is 2. The molecule has 2 amide bonds. The normalized spacial score (nSPS) is 19.0. The molecule has 8 rings (SSSR count). The molecule has 0 unspecified atom stereocenters. The summed E-state index contributed by atoms with van der Waals surface area (Å²) in [6.45, 7) is 13.1. The molecule has 3 saturated heterocycles. The number of anilines is 4. The quantitative estimate of drug-likeness (QED) is 0.0916. The first kappa shape index (κ1) is 44.3. The Morgan fingerprint density at radius 1 is 0.921 bits per heavy atom. The van der Waals surface area contributed by atoms with Gasteiger partial charge in [-0.25, -0.2) is 32.7 Å². The van der Waals surface area contributed by atoms with E-state index in [9.17, 15) is 18.0 Å². The van der Waals surface area contributed by atoms with E-state index in [2.05, 4.69) is 54.4 Å². The number of nitrogens with one attached hydrogen (secondary N) is 3. The number of pyridine rings is 1. The molecule has 3 aliphatic heterocycles. The van der Waals surface area contributed by atoms with Crippen molar-refractivity contribution in [3.8, 4) is 21.8 Å². The highest BCUT2D eigenvalue weighted by Gasteiger charge is 2.30. The van der Waals surface area contributed by atoms with Gasteiger partial charge in [0.15, 0.2) is 5.82 Å². The number of halogens is 1. The number of piperidine rings is 2. The van der Waals surface area contributed by atoms with Gasteiger partial charge in [-0.2, -0.15) is 0 Å². The van der Waals surface area contributed by atoms with Gasteiger partial charge in [-0.15, -0.1) is 11.3 Å². The van der Waals surface area contributed by atoms with Crippen molar-refractivity contribution in [2.75, 3.05) is 53.4 Å². The molecule has 3 aromatic heterocycles. The third kappa shape index (κ3) is 10.6. The Bertz CT molecular complexity index is 2540. The van der Waals surface area contributed by atoms with Crippen molar-refractivity contribution in [3.63, 3.8) is 0 Å². The molecule has 63 heavy (non-hydrogen) atoms. The smallest absolute Gasteiger partial charge is 0.234 e. The maximum atomic E-state index is 16.1. The van der Waals surface area contributed by atoms with E-state index in [1.54, 1.807) is 37.5 Å². The van der Waals surface area contributed by atoms with Crippen LogP contribution in [0.3, 0.4) is 0 Å². The maximum absolute atomic E-state index is 16.1. The number of hydrogen-bond donors (Lipinski definition) is 3. The molecule has 0 saturated carbocycles. The first-order valence-electron chi connectivity index (χ1n) is 22.0. The monoisotopic (exact) mass is 893 g/mol. The minimum atomic E-state index is -3.70. The number of aromatic nitrogens is 4. The van der Waals surface area contributed by atoms with Gasteiger partial charge in [-0.3, -0.25) is 19.6 Å². The highest BCUT2D eigenvalue weighted by molar-refractivity contribution is 7.92. The number of carbonyl (C=O) groups excluding carboxylic acids is 2. The lowest BCUT2D eigenvalue weighted by atomic mass is 9.89. The van der Waals surface area contributed by atoms with Crippen LogP contribution >= 0.6 is 11.3 Å². The van der Waals surface area contributed by atoms with Crippen LogP contribution in [-0.4, -0.2) is 83.5 Å². The van der Waals surface area contributed by atoms with E-state index in [1.807, 2.05) is 32.9 Å². The molecule has 0 radical (unpaired) electrons. The number of thiazole rings is 1. The second kappa shape index (κ2) is 18.8. The van der Waals surface area contributed by atoms with Gasteiger partial charge in [0, 0.05) is 48.6 Å². The zero-order valence-electron chi connectivity index (χ0n) is 36.4. The highest BCUT2D eigenvalue weighted by Crippen LogP contribution is 2.42. The van der Waals surface area contributed by atoms with Gasteiger partial charge in [-0.1, -0.05) is 52.0 Å². The van der Waals surface area contributed by atoms with Crippen molar-refractivity contribution in [1.82, 2.24) is 30.2 Å².